The van der Waals surface area contributed by atoms with E-state index >= 15 is 0 Å². The second-order valence-corrected chi connectivity index (χ2v) is 6.72. The van der Waals surface area contributed by atoms with E-state index in [0.29, 0.717) is 29.5 Å². The van der Waals surface area contributed by atoms with Crippen molar-refractivity contribution in [1.82, 2.24) is 15.2 Å². The molecule has 0 aromatic carbocycles. The molecule has 1 aromatic rings. The van der Waals surface area contributed by atoms with Gasteiger partial charge in [-0.25, -0.2) is 9.78 Å². The van der Waals surface area contributed by atoms with Gasteiger partial charge in [0.1, 0.15) is 9.76 Å². The zero-order valence-corrected chi connectivity index (χ0v) is 15.3. The van der Waals surface area contributed by atoms with Gasteiger partial charge >= 0.3 is 6.09 Å². The van der Waals surface area contributed by atoms with E-state index in [1.165, 1.54) is 0 Å². The Morgan fingerprint density at radius 1 is 1.57 bits per heavy atom. The Morgan fingerprint density at radius 2 is 2.35 bits per heavy atom. The van der Waals surface area contributed by atoms with Gasteiger partial charge in [-0.3, -0.25) is 0 Å². The summed E-state index contributed by atoms with van der Waals surface area (Å²) in [5, 5.41) is 13.2. The van der Waals surface area contributed by atoms with E-state index in [-0.39, 0.29) is 24.8 Å². The number of aliphatic hydroxyl groups excluding tert-OH is 1. The van der Waals surface area contributed by atoms with Gasteiger partial charge in [-0.05, 0) is 40.0 Å². The Bertz CT molecular complexity index is 526. The number of aliphatic hydroxyl groups is 1. The predicted octanol–water partition coefficient (Wildman–Crippen LogP) is 2.74. The molecule has 1 saturated heterocycles. The van der Waals surface area contributed by atoms with Gasteiger partial charge in [0, 0.05) is 19.1 Å². The molecule has 23 heavy (non-hydrogen) atoms. The number of unbranched alkanes of at least 4 members (excludes halogenated alkanes) is 1. The molecule has 2 rings (SSSR count). The number of aromatic nitrogens is 1. The molecule has 0 saturated carbocycles. The number of hydrogen-bond acceptors (Lipinski definition) is 5. The van der Waals surface area contributed by atoms with Crippen LogP contribution in [0.2, 0.25) is 5.15 Å². The normalized spacial score (nSPS) is 21.3. The molecule has 1 amide bonds. The van der Waals surface area contributed by atoms with Crippen molar-refractivity contribution in [2.75, 3.05) is 26.3 Å². The van der Waals surface area contributed by atoms with Crippen molar-refractivity contribution in [2.45, 2.75) is 31.8 Å². The topological polar surface area (TPSA) is 74.7 Å². The highest BCUT2D eigenvalue weighted by molar-refractivity contribution is 9.10. The summed E-state index contributed by atoms with van der Waals surface area (Å²) >= 11 is 9.32. The van der Waals surface area contributed by atoms with Crippen molar-refractivity contribution in [3.63, 3.8) is 0 Å². The van der Waals surface area contributed by atoms with E-state index in [1.807, 2.05) is 13.0 Å². The minimum Gasteiger partial charge on any atom is -0.449 e. The number of rotatable bonds is 5. The molecule has 2 N–H and O–H groups in total. The number of hydrogen-bond donors (Lipinski definition) is 2. The van der Waals surface area contributed by atoms with Crippen LogP contribution >= 0.6 is 27.5 Å². The number of carbonyl (C=O) groups excluding carboxylic acids is 1. The molecule has 8 heteroatoms. The number of carbonyl (C=O) groups is 1. The van der Waals surface area contributed by atoms with Crippen molar-refractivity contribution in [2.24, 2.45) is 0 Å². The molecule has 128 valence electrons. The third kappa shape index (κ3) is 5.31. The highest BCUT2D eigenvalue weighted by Gasteiger charge is 2.31. The molecule has 1 aliphatic heterocycles. The average Bonchev–Trinajstić information content (AvgIpc) is 2.53. The highest BCUT2D eigenvalue weighted by Crippen LogP contribution is 2.24. The fourth-order valence-electron chi connectivity index (χ4n) is 2.49. The van der Waals surface area contributed by atoms with E-state index in [0.717, 1.165) is 18.4 Å². The average molecular weight is 407 g/mol. The molecule has 1 fully saturated rings. The Hall–Kier alpha value is -0.890. The molecule has 1 aliphatic rings. The van der Waals surface area contributed by atoms with Crippen molar-refractivity contribution >= 4 is 33.6 Å². The third-order valence-corrected chi connectivity index (χ3v) is 4.27. The van der Waals surface area contributed by atoms with Crippen LogP contribution in [-0.2, 0) is 4.74 Å². The lowest BCUT2D eigenvalue weighted by atomic mass is 10.0. The standard InChI is InChI=1S/C15H21BrClN3O3/c1-2-3-4-23-15(22)20-7-11(9-21)18-12(8-20)10-5-13(16)19-14(17)6-10/h5-6,11-12,18,21H,2-4,7-9H2,1H3. The molecule has 6 nitrogen and oxygen atoms in total. The number of nitrogens with one attached hydrogen (secondary N) is 1. The Balaban J connectivity index is 2.09. The number of ether oxygens (including phenoxy) is 1. The van der Waals surface area contributed by atoms with Crippen LogP contribution in [-0.4, -0.2) is 53.4 Å². The zero-order chi connectivity index (χ0) is 16.8. The maximum atomic E-state index is 12.2. The molecule has 2 atom stereocenters. The van der Waals surface area contributed by atoms with Crippen molar-refractivity contribution < 1.29 is 14.6 Å². The maximum Gasteiger partial charge on any atom is 0.409 e. The summed E-state index contributed by atoms with van der Waals surface area (Å²) in [7, 11) is 0. The lowest BCUT2D eigenvalue weighted by Gasteiger charge is -2.38. The maximum absolute atomic E-state index is 12.2. The van der Waals surface area contributed by atoms with Crippen LogP contribution in [0.3, 0.4) is 0 Å². The number of piperazine rings is 1. The van der Waals surface area contributed by atoms with Gasteiger partial charge in [0.05, 0.1) is 19.3 Å². The summed E-state index contributed by atoms with van der Waals surface area (Å²) in [6.45, 7) is 3.27. The van der Waals surface area contributed by atoms with Gasteiger partial charge < -0.3 is 20.1 Å². The number of halogens is 2. The molecule has 0 radical (unpaired) electrons. The summed E-state index contributed by atoms with van der Waals surface area (Å²) in [6.07, 6.45) is 1.47. The first kappa shape index (κ1) is 18.4. The van der Waals surface area contributed by atoms with E-state index in [1.54, 1.807) is 11.0 Å². The van der Waals surface area contributed by atoms with Crippen LogP contribution in [0.15, 0.2) is 16.7 Å². The first-order valence-corrected chi connectivity index (χ1v) is 8.82. The predicted molar refractivity (Wildman–Crippen MR) is 91.5 cm³/mol. The van der Waals surface area contributed by atoms with Gasteiger partial charge in [0.25, 0.3) is 0 Å². The summed E-state index contributed by atoms with van der Waals surface area (Å²) < 4.78 is 5.91. The summed E-state index contributed by atoms with van der Waals surface area (Å²) in [4.78, 5) is 17.9. The van der Waals surface area contributed by atoms with Crippen LogP contribution in [0.5, 0.6) is 0 Å². The molecule has 2 heterocycles. The fourth-order valence-corrected chi connectivity index (χ4v) is 3.27. The Kier molecular flexibility index (Phi) is 7.08. The van der Waals surface area contributed by atoms with Crippen LogP contribution in [0.25, 0.3) is 0 Å². The zero-order valence-electron chi connectivity index (χ0n) is 13.0. The van der Waals surface area contributed by atoms with Crippen molar-refractivity contribution in [3.8, 4) is 0 Å². The molecule has 0 aliphatic carbocycles. The van der Waals surface area contributed by atoms with Crippen molar-refractivity contribution in [3.05, 3.63) is 27.5 Å². The summed E-state index contributed by atoms with van der Waals surface area (Å²) in [5.41, 5.74) is 0.904. The van der Waals surface area contributed by atoms with Gasteiger partial charge in [-0.2, -0.15) is 0 Å². The minimum atomic E-state index is -0.345. The molecule has 0 bridgehead atoms. The van der Waals surface area contributed by atoms with Gasteiger partial charge in [-0.1, -0.05) is 24.9 Å². The number of nitrogens with zero attached hydrogens (tertiary/aromatic N) is 2. The smallest absolute Gasteiger partial charge is 0.409 e. The molecular formula is C15H21BrClN3O3. The fraction of sp³-hybridized carbons (Fsp3) is 0.600. The second kappa shape index (κ2) is 8.82. The number of pyridine rings is 1. The largest absolute Gasteiger partial charge is 0.449 e. The Labute approximate surface area is 149 Å². The summed E-state index contributed by atoms with van der Waals surface area (Å²) in [5.74, 6) is 0. The van der Waals surface area contributed by atoms with Gasteiger partial charge in [-0.15, -0.1) is 0 Å². The Morgan fingerprint density at radius 3 is 3.00 bits per heavy atom. The first-order chi connectivity index (χ1) is 11.0. The van der Waals surface area contributed by atoms with Crippen LogP contribution in [0.4, 0.5) is 4.79 Å². The van der Waals surface area contributed by atoms with E-state index in [4.69, 9.17) is 16.3 Å². The van der Waals surface area contributed by atoms with Crippen molar-refractivity contribution in [1.29, 1.82) is 0 Å². The van der Waals surface area contributed by atoms with E-state index < -0.39 is 0 Å². The lowest BCUT2D eigenvalue weighted by molar-refractivity contribution is 0.0708. The van der Waals surface area contributed by atoms with Gasteiger partial charge in [0.15, 0.2) is 0 Å². The van der Waals surface area contributed by atoms with Crippen LogP contribution in [0.1, 0.15) is 31.4 Å². The monoisotopic (exact) mass is 405 g/mol. The molecular weight excluding hydrogens is 386 g/mol. The molecule has 0 spiro atoms. The lowest BCUT2D eigenvalue weighted by Crippen LogP contribution is -2.55. The van der Waals surface area contributed by atoms with Gasteiger partial charge in [0.2, 0.25) is 0 Å². The highest BCUT2D eigenvalue weighted by atomic mass is 79.9. The van der Waals surface area contributed by atoms with Crippen LogP contribution in [0, 0.1) is 0 Å². The molecule has 1 aromatic heterocycles. The molecule has 2 unspecified atom stereocenters. The quantitative estimate of drug-likeness (QED) is 0.581. The second-order valence-electron chi connectivity index (χ2n) is 5.52. The summed E-state index contributed by atoms with van der Waals surface area (Å²) in [6, 6.07) is 3.25. The first-order valence-electron chi connectivity index (χ1n) is 7.65. The van der Waals surface area contributed by atoms with E-state index in [9.17, 15) is 9.90 Å². The minimum absolute atomic E-state index is 0.0603. The SMILES string of the molecule is CCCCOC(=O)N1CC(CO)NC(c2cc(Cl)nc(Br)c2)C1. The van der Waals surface area contributed by atoms with E-state index in [2.05, 4.69) is 26.2 Å². The third-order valence-electron chi connectivity index (χ3n) is 3.67. The van der Waals surface area contributed by atoms with Crippen LogP contribution < -0.4 is 5.32 Å². The number of amides is 1.